The molecular formula is C17H34O2. The van der Waals surface area contributed by atoms with Crippen molar-refractivity contribution in [2.45, 2.75) is 97.3 Å². The first kappa shape index (κ1) is 18.5. The average molecular weight is 270 g/mol. The highest BCUT2D eigenvalue weighted by Gasteiger charge is 2.12. The van der Waals surface area contributed by atoms with E-state index in [1.165, 1.54) is 64.2 Å². The Balaban J connectivity index is 3.66. The molecule has 0 spiro atoms. The van der Waals surface area contributed by atoms with Crippen LogP contribution in [0, 0.1) is 5.92 Å². The van der Waals surface area contributed by atoms with Gasteiger partial charge < -0.3 is 5.11 Å². The Morgan fingerprint density at radius 3 is 1.58 bits per heavy atom. The predicted molar refractivity (Wildman–Crippen MR) is 82.5 cm³/mol. The van der Waals surface area contributed by atoms with Gasteiger partial charge in [-0.2, -0.15) is 0 Å². The first-order valence-electron chi connectivity index (χ1n) is 8.42. The van der Waals surface area contributed by atoms with E-state index in [0.717, 1.165) is 12.8 Å². The van der Waals surface area contributed by atoms with Gasteiger partial charge in [0.25, 0.3) is 0 Å². The van der Waals surface area contributed by atoms with E-state index in [0.29, 0.717) is 12.3 Å². The third-order valence-electron chi connectivity index (χ3n) is 3.90. The van der Waals surface area contributed by atoms with Crippen LogP contribution in [0.15, 0.2) is 0 Å². The smallest absolute Gasteiger partial charge is 0.303 e. The van der Waals surface area contributed by atoms with Crippen LogP contribution >= 0.6 is 0 Å². The average Bonchev–Trinajstić information content (AvgIpc) is 2.37. The molecule has 0 heterocycles. The zero-order valence-electron chi connectivity index (χ0n) is 13.1. The maximum atomic E-state index is 10.9. The Hall–Kier alpha value is -0.530. The number of carboxylic acids is 1. The summed E-state index contributed by atoms with van der Waals surface area (Å²) in [5.74, 6) is -0.201. The summed E-state index contributed by atoms with van der Waals surface area (Å²) < 4.78 is 0. The van der Waals surface area contributed by atoms with Crippen LogP contribution in [-0.4, -0.2) is 11.1 Å². The lowest BCUT2D eigenvalue weighted by Gasteiger charge is -2.14. The molecule has 2 nitrogen and oxygen atoms in total. The van der Waals surface area contributed by atoms with E-state index in [9.17, 15) is 4.79 Å². The van der Waals surface area contributed by atoms with E-state index in [1.54, 1.807) is 0 Å². The van der Waals surface area contributed by atoms with Gasteiger partial charge in [0.2, 0.25) is 0 Å². The third-order valence-corrected chi connectivity index (χ3v) is 3.90. The standard InChI is InChI=1S/C17H34O2/c1-3-5-7-9-11-13-16(15-17(18)19)14-12-10-8-6-4-2/h16H,3-15H2,1-2H3,(H,18,19). The molecule has 2 heteroatoms. The van der Waals surface area contributed by atoms with Crippen LogP contribution in [0.3, 0.4) is 0 Å². The van der Waals surface area contributed by atoms with Crippen molar-refractivity contribution >= 4 is 5.97 Å². The Kier molecular flexibility index (Phi) is 13.5. The molecule has 0 saturated heterocycles. The molecule has 0 aliphatic rings. The monoisotopic (exact) mass is 270 g/mol. The van der Waals surface area contributed by atoms with E-state index >= 15 is 0 Å². The molecule has 0 unspecified atom stereocenters. The van der Waals surface area contributed by atoms with Gasteiger partial charge in [-0.15, -0.1) is 0 Å². The minimum Gasteiger partial charge on any atom is -0.481 e. The van der Waals surface area contributed by atoms with Crippen LogP contribution in [0.1, 0.15) is 97.3 Å². The highest BCUT2D eigenvalue weighted by Crippen LogP contribution is 2.21. The van der Waals surface area contributed by atoms with E-state index in [1.807, 2.05) is 0 Å². The van der Waals surface area contributed by atoms with E-state index in [-0.39, 0.29) is 0 Å². The van der Waals surface area contributed by atoms with Crippen molar-refractivity contribution in [3.63, 3.8) is 0 Å². The number of aliphatic carboxylic acids is 1. The van der Waals surface area contributed by atoms with Crippen LogP contribution in [-0.2, 0) is 4.79 Å². The summed E-state index contributed by atoms with van der Waals surface area (Å²) in [4.78, 5) is 10.9. The van der Waals surface area contributed by atoms with Gasteiger partial charge >= 0.3 is 5.97 Å². The Morgan fingerprint density at radius 2 is 1.21 bits per heavy atom. The summed E-state index contributed by atoms with van der Waals surface area (Å²) in [5, 5.41) is 8.97. The molecule has 0 fully saturated rings. The maximum absolute atomic E-state index is 10.9. The lowest BCUT2D eigenvalue weighted by atomic mass is 9.91. The van der Waals surface area contributed by atoms with Gasteiger partial charge in [0.1, 0.15) is 0 Å². The normalized spacial score (nSPS) is 11.1. The summed E-state index contributed by atoms with van der Waals surface area (Å²) in [7, 11) is 0. The summed E-state index contributed by atoms with van der Waals surface area (Å²) >= 11 is 0. The summed E-state index contributed by atoms with van der Waals surface area (Å²) in [5.41, 5.74) is 0. The number of unbranched alkanes of at least 4 members (excludes halogenated alkanes) is 8. The molecule has 19 heavy (non-hydrogen) atoms. The highest BCUT2D eigenvalue weighted by atomic mass is 16.4. The van der Waals surface area contributed by atoms with Crippen LogP contribution in [0.25, 0.3) is 0 Å². The van der Waals surface area contributed by atoms with Crippen LogP contribution in [0.2, 0.25) is 0 Å². The Labute approximate surface area is 120 Å². The maximum Gasteiger partial charge on any atom is 0.303 e. The number of carboxylic acid groups (broad SMARTS) is 1. The number of hydrogen-bond donors (Lipinski definition) is 1. The molecule has 0 atom stereocenters. The molecule has 1 N–H and O–H groups in total. The molecule has 0 bridgehead atoms. The quantitative estimate of drug-likeness (QED) is 0.405. The van der Waals surface area contributed by atoms with Crippen molar-refractivity contribution in [2.75, 3.05) is 0 Å². The van der Waals surface area contributed by atoms with Crippen molar-refractivity contribution in [3.8, 4) is 0 Å². The van der Waals surface area contributed by atoms with Crippen molar-refractivity contribution < 1.29 is 9.90 Å². The zero-order chi connectivity index (χ0) is 14.3. The van der Waals surface area contributed by atoms with E-state index in [2.05, 4.69) is 13.8 Å². The van der Waals surface area contributed by atoms with E-state index < -0.39 is 5.97 Å². The second-order valence-corrected chi connectivity index (χ2v) is 5.87. The fourth-order valence-corrected chi connectivity index (χ4v) is 2.67. The lowest BCUT2D eigenvalue weighted by Crippen LogP contribution is -2.08. The molecule has 0 saturated carbocycles. The van der Waals surface area contributed by atoms with Crippen molar-refractivity contribution in [2.24, 2.45) is 5.92 Å². The molecule has 0 amide bonds. The molecule has 114 valence electrons. The Bertz CT molecular complexity index is 187. The number of rotatable bonds is 14. The fraction of sp³-hybridized carbons (Fsp3) is 0.941. The van der Waals surface area contributed by atoms with E-state index in [4.69, 9.17) is 5.11 Å². The van der Waals surface area contributed by atoms with Gasteiger partial charge in [0.05, 0.1) is 0 Å². The largest absolute Gasteiger partial charge is 0.481 e. The fourth-order valence-electron chi connectivity index (χ4n) is 2.67. The molecule has 0 aliphatic carbocycles. The number of hydrogen-bond acceptors (Lipinski definition) is 1. The van der Waals surface area contributed by atoms with Crippen LogP contribution < -0.4 is 0 Å². The minimum absolute atomic E-state index is 0.377. The predicted octanol–water partition coefficient (Wildman–Crippen LogP) is 5.80. The van der Waals surface area contributed by atoms with Gasteiger partial charge in [0.15, 0.2) is 0 Å². The summed E-state index contributed by atoms with van der Waals surface area (Å²) in [6.45, 7) is 4.45. The van der Waals surface area contributed by atoms with Gasteiger partial charge in [-0.3, -0.25) is 4.79 Å². The third kappa shape index (κ3) is 13.7. The summed E-state index contributed by atoms with van der Waals surface area (Å²) in [6.07, 6.45) is 15.4. The molecule has 0 rings (SSSR count). The second kappa shape index (κ2) is 13.9. The van der Waals surface area contributed by atoms with Crippen LogP contribution in [0.4, 0.5) is 0 Å². The SMILES string of the molecule is CCCCCCCC(CCCCCCC)CC(=O)O. The minimum atomic E-state index is -0.618. The molecule has 0 aromatic heterocycles. The molecule has 0 radical (unpaired) electrons. The van der Waals surface area contributed by atoms with Gasteiger partial charge in [-0.25, -0.2) is 0 Å². The Morgan fingerprint density at radius 1 is 0.789 bits per heavy atom. The zero-order valence-corrected chi connectivity index (χ0v) is 13.1. The summed E-state index contributed by atoms with van der Waals surface area (Å²) in [6, 6.07) is 0. The molecule has 0 aliphatic heterocycles. The highest BCUT2D eigenvalue weighted by molar-refractivity contribution is 5.66. The first-order chi connectivity index (χ1) is 9.20. The molecule has 0 aromatic carbocycles. The van der Waals surface area contributed by atoms with Crippen molar-refractivity contribution in [1.29, 1.82) is 0 Å². The van der Waals surface area contributed by atoms with Gasteiger partial charge in [0, 0.05) is 6.42 Å². The molecule has 0 aromatic rings. The van der Waals surface area contributed by atoms with Gasteiger partial charge in [-0.1, -0.05) is 78.1 Å². The van der Waals surface area contributed by atoms with Gasteiger partial charge in [-0.05, 0) is 18.8 Å². The first-order valence-corrected chi connectivity index (χ1v) is 8.42. The van der Waals surface area contributed by atoms with Crippen molar-refractivity contribution in [1.82, 2.24) is 0 Å². The number of carbonyl (C=O) groups is 1. The topological polar surface area (TPSA) is 37.3 Å². The molecular weight excluding hydrogens is 236 g/mol. The second-order valence-electron chi connectivity index (χ2n) is 5.87. The van der Waals surface area contributed by atoms with Crippen molar-refractivity contribution in [3.05, 3.63) is 0 Å². The van der Waals surface area contributed by atoms with Crippen LogP contribution in [0.5, 0.6) is 0 Å². The lowest BCUT2D eigenvalue weighted by molar-refractivity contribution is -0.138.